The first-order valence-electron chi connectivity index (χ1n) is 13.3. The fourth-order valence-electron chi connectivity index (χ4n) is 4.22. The summed E-state index contributed by atoms with van der Waals surface area (Å²) in [6.45, 7) is 4.72. The Morgan fingerprint density at radius 2 is 1.82 bits per heavy atom. The van der Waals surface area contributed by atoms with Crippen molar-refractivity contribution in [3.05, 3.63) is 59.1 Å². The predicted molar refractivity (Wildman–Crippen MR) is 151 cm³/mol. The highest BCUT2D eigenvalue weighted by Gasteiger charge is 2.31. The van der Waals surface area contributed by atoms with Crippen LogP contribution < -0.4 is 20.1 Å². The van der Waals surface area contributed by atoms with Crippen LogP contribution in [0.1, 0.15) is 37.0 Å². The van der Waals surface area contributed by atoms with Crippen LogP contribution in [0.15, 0.2) is 48.5 Å². The fraction of sp³-hybridized carbons (Fsp3) is 0.448. The topological polar surface area (TPSA) is 117 Å². The van der Waals surface area contributed by atoms with Gasteiger partial charge in [0.2, 0.25) is 17.7 Å². The third-order valence-electron chi connectivity index (χ3n) is 6.41. The van der Waals surface area contributed by atoms with Crippen LogP contribution in [0.2, 0.25) is 5.02 Å². The number of para-hydroxylation sites is 1. The van der Waals surface area contributed by atoms with Gasteiger partial charge >= 0.3 is 0 Å². The highest BCUT2D eigenvalue weighted by Crippen LogP contribution is 2.19. The van der Waals surface area contributed by atoms with Gasteiger partial charge in [0.15, 0.2) is 0 Å². The number of rotatable bonds is 7. The first kappa shape index (κ1) is 30.7. The maximum absolute atomic E-state index is 13.5. The van der Waals surface area contributed by atoms with Gasteiger partial charge in [0.1, 0.15) is 36.8 Å². The zero-order valence-electron chi connectivity index (χ0n) is 23.3. The van der Waals surface area contributed by atoms with Crippen LogP contribution in [0, 0.1) is 5.92 Å². The zero-order chi connectivity index (χ0) is 29.2. The molecule has 0 bridgehead atoms. The van der Waals surface area contributed by atoms with Gasteiger partial charge in [-0.1, -0.05) is 37.6 Å². The van der Waals surface area contributed by atoms with E-state index in [9.17, 15) is 19.2 Å². The molecular weight excluding hydrogens is 536 g/mol. The SMILES string of the molecule is CC(C)C[C@H]1NC(=O)C[C@@H](C(=O)N(C)CCOc2ccc(Cl)cc2)NC(=O)c2ccccc2OCCN(C)C1=O. The summed E-state index contributed by atoms with van der Waals surface area (Å²) in [7, 11) is 3.21. The molecular formula is C29H37ClN4O6. The van der Waals surface area contributed by atoms with E-state index in [2.05, 4.69) is 10.6 Å². The average Bonchev–Trinajstić information content (AvgIpc) is 2.91. The normalized spacial score (nSPS) is 18.6. The molecule has 0 spiro atoms. The van der Waals surface area contributed by atoms with Gasteiger partial charge in [0, 0.05) is 19.1 Å². The van der Waals surface area contributed by atoms with Gasteiger partial charge < -0.3 is 29.9 Å². The highest BCUT2D eigenvalue weighted by atomic mass is 35.5. The molecule has 0 saturated carbocycles. The van der Waals surface area contributed by atoms with Crippen molar-refractivity contribution in [1.29, 1.82) is 0 Å². The zero-order valence-corrected chi connectivity index (χ0v) is 24.1. The van der Waals surface area contributed by atoms with Gasteiger partial charge in [-0.05, 0) is 48.7 Å². The number of nitrogens with zero attached hydrogens (tertiary/aromatic N) is 2. The first-order chi connectivity index (χ1) is 19.0. The van der Waals surface area contributed by atoms with Crippen molar-refractivity contribution in [2.45, 2.75) is 38.8 Å². The minimum atomic E-state index is -1.18. The number of benzene rings is 2. The molecule has 2 N–H and O–H groups in total. The molecule has 0 radical (unpaired) electrons. The number of hydrogen-bond donors (Lipinski definition) is 2. The maximum atomic E-state index is 13.5. The van der Waals surface area contributed by atoms with Crippen molar-refractivity contribution < 1.29 is 28.7 Å². The van der Waals surface area contributed by atoms with Crippen LogP contribution in [-0.4, -0.2) is 85.9 Å². The third kappa shape index (κ3) is 8.87. The summed E-state index contributed by atoms with van der Waals surface area (Å²) in [6.07, 6.45) is 0.0765. The number of likely N-dealkylation sites (N-methyl/N-ethyl adjacent to an activating group) is 2. The molecule has 1 heterocycles. The van der Waals surface area contributed by atoms with Crippen molar-refractivity contribution >= 4 is 35.2 Å². The molecule has 216 valence electrons. The Hall–Kier alpha value is -3.79. The van der Waals surface area contributed by atoms with Crippen LogP contribution in [0.4, 0.5) is 0 Å². The van der Waals surface area contributed by atoms with Gasteiger partial charge in [-0.3, -0.25) is 19.2 Å². The lowest BCUT2D eigenvalue weighted by Crippen LogP contribution is -2.53. The van der Waals surface area contributed by atoms with Crippen molar-refractivity contribution in [2.24, 2.45) is 5.92 Å². The highest BCUT2D eigenvalue weighted by molar-refractivity contribution is 6.30. The minimum absolute atomic E-state index is 0.133. The molecule has 11 heteroatoms. The van der Waals surface area contributed by atoms with E-state index in [1.165, 1.54) is 9.80 Å². The molecule has 2 aromatic rings. The van der Waals surface area contributed by atoms with Crippen LogP contribution in [0.5, 0.6) is 11.5 Å². The van der Waals surface area contributed by atoms with Crippen LogP contribution >= 0.6 is 11.6 Å². The quantitative estimate of drug-likeness (QED) is 0.527. The second kappa shape index (κ2) is 14.6. The van der Waals surface area contributed by atoms with Gasteiger partial charge in [0.05, 0.1) is 25.1 Å². The molecule has 2 atom stereocenters. The first-order valence-corrected chi connectivity index (χ1v) is 13.6. The third-order valence-corrected chi connectivity index (χ3v) is 6.66. The minimum Gasteiger partial charge on any atom is -0.492 e. The average molecular weight is 573 g/mol. The van der Waals surface area contributed by atoms with Gasteiger partial charge in [-0.2, -0.15) is 0 Å². The summed E-state index contributed by atoms with van der Waals surface area (Å²) in [5.41, 5.74) is 0.221. The van der Waals surface area contributed by atoms with Crippen LogP contribution in [-0.2, 0) is 14.4 Å². The van der Waals surface area contributed by atoms with Crippen LogP contribution in [0.25, 0.3) is 0 Å². The summed E-state index contributed by atoms with van der Waals surface area (Å²) < 4.78 is 11.5. The molecule has 0 unspecified atom stereocenters. The van der Waals surface area contributed by atoms with Gasteiger partial charge in [-0.25, -0.2) is 0 Å². The molecule has 2 aromatic carbocycles. The number of fused-ring (bicyclic) bond motifs is 1. The predicted octanol–water partition coefficient (Wildman–Crippen LogP) is 2.75. The van der Waals surface area contributed by atoms with E-state index in [0.29, 0.717) is 22.9 Å². The largest absolute Gasteiger partial charge is 0.492 e. The van der Waals surface area contributed by atoms with Gasteiger partial charge in [-0.15, -0.1) is 0 Å². The Kier molecular flexibility index (Phi) is 11.2. The number of hydrogen-bond acceptors (Lipinski definition) is 6. The smallest absolute Gasteiger partial charge is 0.255 e. The fourth-order valence-corrected chi connectivity index (χ4v) is 4.35. The van der Waals surface area contributed by atoms with E-state index in [-0.39, 0.29) is 50.1 Å². The Morgan fingerprint density at radius 1 is 1.12 bits per heavy atom. The monoisotopic (exact) mass is 572 g/mol. The second-order valence-electron chi connectivity index (χ2n) is 10.1. The summed E-state index contributed by atoms with van der Waals surface area (Å²) in [4.78, 5) is 55.9. The van der Waals surface area contributed by atoms with Crippen molar-refractivity contribution in [1.82, 2.24) is 20.4 Å². The number of amides is 4. The molecule has 0 aliphatic carbocycles. The van der Waals surface area contributed by atoms with Gasteiger partial charge in [0.25, 0.3) is 5.91 Å². The molecule has 10 nitrogen and oxygen atoms in total. The standard InChI is InChI=1S/C29H37ClN4O6/c1-19(2)17-23-28(37)34(4)14-16-40-25-8-6-5-7-22(25)27(36)32-24(18-26(35)31-23)29(38)33(3)13-15-39-21-11-9-20(30)10-12-21/h5-12,19,23-24H,13-18H2,1-4H3,(H,31,35)(H,32,36)/t23-,24+/m1/s1. The van der Waals surface area contributed by atoms with E-state index >= 15 is 0 Å². The lowest BCUT2D eigenvalue weighted by molar-refractivity contribution is -0.137. The van der Waals surface area contributed by atoms with E-state index in [4.69, 9.17) is 21.1 Å². The summed E-state index contributed by atoms with van der Waals surface area (Å²) >= 11 is 5.91. The molecule has 1 aliphatic heterocycles. The number of halogens is 1. The molecule has 0 fully saturated rings. The number of ether oxygens (including phenoxy) is 2. The molecule has 0 aromatic heterocycles. The molecule has 1 aliphatic rings. The number of carbonyl (C=O) groups excluding carboxylic acids is 4. The van der Waals surface area contributed by atoms with Crippen molar-refractivity contribution in [2.75, 3.05) is 40.4 Å². The summed E-state index contributed by atoms with van der Waals surface area (Å²) in [6, 6.07) is 11.5. The maximum Gasteiger partial charge on any atom is 0.255 e. The number of nitrogens with one attached hydrogen (secondary N) is 2. The van der Waals surface area contributed by atoms with E-state index in [1.807, 2.05) is 13.8 Å². The summed E-state index contributed by atoms with van der Waals surface area (Å²) in [5, 5.41) is 6.07. The lowest BCUT2D eigenvalue weighted by atomic mass is 10.0. The van der Waals surface area contributed by atoms with E-state index < -0.39 is 29.8 Å². The van der Waals surface area contributed by atoms with Crippen molar-refractivity contribution in [3.63, 3.8) is 0 Å². The Bertz CT molecular complexity index is 1190. The van der Waals surface area contributed by atoms with E-state index in [0.717, 1.165) is 0 Å². The Morgan fingerprint density at radius 3 is 2.52 bits per heavy atom. The molecule has 40 heavy (non-hydrogen) atoms. The Balaban J connectivity index is 1.81. The lowest BCUT2D eigenvalue weighted by Gasteiger charge is -2.28. The van der Waals surface area contributed by atoms with E-state index in [1.54, 1.807) is 62.6 Å². The number of carbonyl (C=O) groups is 4. The van der Waals surface area contributed by atoms with Crippen LogP contribution in [0.3, 0.4) is 0 Å². The second-order valence-corrected chi connectivity index (χ2v) is 10.6. The molecule has 4 amide bonds. The summed E-state index contributed by atoms with van der Waals surface area (Å²) in [5.74, 6) is -0.743. The Labute approximate surface area is 239 Å². The molecule has 0 saturated heterocycles. The molecule has 3 rings (SSSR count). The van der Waals surface area contributed by atoms with Crippen molar-refractivity contribution in [3.8, 4) is 11.5 Å².